The molecule has 0 unspecified atom stereocenters. The number of ether oxygens (including phenoxy) is 4. The molecule has 0 spiro atoms. The summed E-state index contributed by atoms with van der Waals surface area (Å²) in [7, 11) is 4.41. The minimum Gasteiger partial charge on any atom is -0.497 e. The number of methoxy groups -OCH3 is 3. The second kappa shape index (κ2) is 8.75. The van der Waals surface area contributed by atoms with Gasteiger partial charge >= 0.3 is 11.9 Å². The standard InChI is InChI=1S/C20H20O7/c1-12(21)27-18-6-5-13(8-19(18)26-4)7-17(20(22)23)14-9-15(24-2)11-16(10-14)25-3/h5-11H,1-4H3,(H,22,23)/b17-7+. The molecule has 0 heterocycles. The van der Waals surface area contributed by atoms with Crippen molar-refractivity contribution >= 4 is 23.6 Å². The van der Waals surface area contributed by atoms with Crippen molar-refractivity contribution in [1.82, 2.24) is 0 Å². The molecule has 0 atom stereocenters. The minimum absolute atomic E-state index is 0.0366. The van der Waals surface area contributed by atoms with Gasteiger partial charge in [0.05, 0.1) is 26.9 Å². The lowest BCUT2D eigenvalue weighted by molar-refractivity contribution is -0.132. The first-order valence-corrected chi connectivity index (χ1v) is 7.92. The first-order chi connectivity index (χ1) is 12.9. The fourth-order valence-corrected chi connectivity index (χ4v) is 2.41. The van der Waals surface area contributed by atoms with Crippen LogP contribution in [0.2, 0.25) is 0 Å². The largest absolute Gasteiger partial charge is 0.497 e. The average molecular weight is 372 g/mol. The summed E-state index contributed by atoms with van der Waals surface area (Å²) >= 11 is 0. The molecule has 0 saturated heterocycles. The highest BCUT2D eigenvalue weighted by molar-refractivity contribution is 6.20. The van der Waals surface area contributed by atoms with Gasteiger partial charge in [0.1, 0.15) is 11.5 Å². The summed E-state index contributed by atoms with van der Waals surface area (Å²) in [5.41, 5.74) is 1.01. The molecular weight excluding hydrogens is 352 g/mol. The molecule has 27 heavy (non-hydrogen) atoms. The Morgan fingerprint density at radius 2 is 1.52 bits per heavy atom. The predicted molar refractivity (Wildman–Crippen MR) is 99.4 cm³/mol. The third kappa shape index (κ3) is 5.01. The fraction of sp³-hybridized carbons (Fsp3) is 0.200. The molecule has 7 nitrogen and oxygen atoms in total. The zero-order valence-corrected chi connectivity index (χ0v) is 15.4. The highest BCUT2D eigenvalue weighted by atomic mass is 16.6. The zero-order valence-electron chi connectivity index (χ0n) is 15.4. The van der Waals surface area contributed by atoms with Gasteiger partial charge < -0.3 is 24.1 Å². The Labute approximate surface area is 156 Å². The quantitative estimate of drug-likeness (QED) is 0.345. The van der Waals surface area contributed by atoms with Crippen molar-refractivity contribution in [1.29, 1.82) is 0 Å². The Morgan fingerprint density at radius 1 is 0.889 bits per heavy atom. The van der Waals surface area contributed by atoms with Gasteiger partial charge in [-0.15, -0.1) is 0 Å². The van der Waals surface area contributed by atoms with Crippen LogP contribution in [0.25, 0.3) is 11.6 Å². The van der Waals surface area contributed by atoms with E-state index in [4.69, 9.17) is 18.9 Å². The Hall–Kier alpha value is -3.48. The zero-order chi connectivity index (χ0) is 20.0. The second-order valence-corrected chi connectivity index (χ2v) is 5.47. The molecule has 2 rings (SSSR count). The second-order valence-electron chi connectivity index (χ2n) is 5.47. The van der Waals surface area contributed by atoms with E-state index in [1.807, 2.05) is 0 Å². The van der Waals surface area contributed by atoms with E-state index in [1.165, 1.54) is 40.4 Å². The third-order valence-corrected chi connectivity index (χ3v) is 3.65. The number of rotatable bonds is 7. The van der Waals surface area contributed by atoms with Crippen molar-refractivity contribution in [2.75, 3.05) is 21.3 Å². The number of carboxylic acids is 1. The molecule has 7 heteroatoms. The highest BCUT2D eigenvalue weighted by Crippen LogP contribution is 2.32. The Morgan fingerprint density at radius 3 is 2.00 bits per heavy atom. The Bertz CT molecular complexity index is 862. The maximum atomic E-state index is 11.8. The van der Waals surface area contributed by atoms with Crippen LogP contribution in [0.5, 0.6) is 23.0 Å². The monoisotopic (exact) mass is 372 g/mol. The van der Waals surface area contributed by atoms with Crippen molar-refractivity contribution < 1.29 is 33.6 Å². The van der Waals surface area contributed by atoms with Crippen LogP contribution in [0.4, 0.5) is 0 Å². The van der Waals surface area contributed by atoms with Gasteiger partial charge in [0.15, 0.2) is 11.5 Å². The molecule has 0 aliphatic carbocycles. The molecule has 2 aromatic carbocycles. The van der Waals surface area contributed by atoms with Gasteiger partial charge in [-0.25, -0.2) is 4.79 Å². The summed E-state index contributed by atoms with van der Waals surface area (Å²) in [6, 6.07) is 9.61. The maximum absolute atomic E-state index is 11.8. The summed E-state index contributed by atoms with van der Waals surface area (Å²) in [5.74, 6) is -0.0906. The number of hydrogen-bond donors (Lipinski definition) is 1. The molecule has 0 radical (unpaired) electrons. The van der Waals surface area contributed by atoms with E-state index in [-0.39, 0.29) is 11.3 Å². The summed E-state index contributed by atoms with van der Waals surface area (Å²) in [6.07, 6.45) is 1.48. The van der Waals surface area contributed by atoms with Gasteiger partial charge in [0, 0.05) is 13.0 Å². The average Bonchev–Trinajstić information content (AvgIpc) is 2.65. The van der Waals surface area contributed by atoms with Crippen LogP contribution >= 0.6 is 0 Å². The molecule has 0 bridgehead atoms. The summed E-state index contributed by atoms with van der Waals surface area (Å²) in [4.78, 5) is 23.0. The number of esters is 1. The van der Waals surface area contributed by atoms with Gasteiger partial charge in [-0.3, -0.25) is 4.79 Å². The van der Waals surface area contributed by atoms with Crippen LogP contribution in [0.1, 0.15) is 18.1 Å². The van der Waals surface area contributed by atoms with E-state index in [0.717, 1.165) is 0 Å². The van der Waals surface area contributed by atoms with Crippen LogP contribution in [0.15, 0.2) is 36.4 Å². The van der Waals surface area contributed by atoms with Gasteiger partial charge in [0.25, 0.3) is 0 Å². The predicted octanol–water partition coefficient (Wildman–Crippen LogP) is 3.26. The third-order valence-electron chi connectivity index (χ3n) is 3.65. The van der Waals surface area contributed by atoms with Gasteiger partial charge in [-0.1, -0.05) is 6.07 Å². The van der Waals surface area contributed by atoms with Crippen LogP contribution in [0.3, 0.4) is 0 Å². The molecule has 142 valence electrons. The summed E-state index contributed by atoms with van der Waals surface area (Å²) in [5, 5.41) is 9.66. The van der Waals surface area contributed by atoms with Crippen molar-refractivity contribution in [3.05, 3.63) is 47.5 Å². The van der Waals surface area contributed by atoms with Gasteiger partial charge in [0.2, 0.25) is 0 Å². The summed E-state index contributed by atoms with van der Waals surface area (Å²) < 4.78 is 20.7. The van der Waals surface area contributed by atoms with Crippen molar-refractivity contribution in [3.8, 4) is 23.0 Å². The van der Waals surface area contributed by atoms with E-state index < -0.39 is 11.9 Å². The molecule has 0 amide bonds. The van der Waals surface area contributed by atoms with Gasteiger partial charge in [-0.05, 0) is 41.5 Å². The number of carbonyl (C=O) groups is 2. The molecule has 0 aliphatic heterocycles. The molecule has 0 saturated carbocycles. The Balaban J connectivity index is 2.53. The maximum Gasteiger partial charge on any atom is 0.336 e. The lowest BCUT2D eigenvalue weighted by atomic mass is 10.0. The Kier molecular flexibility index (Phi) is 6.43. The first kappa shape index (κ1) is 19.8. The van der Waals surface area contributed by atoms with Crippen LogP contribution in [0, 0.1) is 0 Å². The van der Waals surface area contributed by atoms with Crippen molar-refractivity contribution in [2.24, 2.45) is 0 Å². The molecule has 1 N–H and O–H groups in total. The lowest BCUT2D eigenvalue weighted by Gasteiger charge is -2.11. The molecular formula is C20H20O7. The van der Waals surface area contributed by atoms with E-state index >= 15 is 0 Å². The van der Waals surface area contributed by atoms with E-state index in [9.17, 15) is 14.7 Å². The fourth-order valence-electron chi connectivity index (χ4n) is 2.41. The molecule has 0 fully saturated rings. The number of carboxylic acid groups (broad SMARTS) is 1. The van der Waals surface area contributed by atoms with Crippen molar-refractivity contribution in [3.63, 3.8) is 0 Å². The molecule has 2 aromatic rings. The van der Waals surface area contributed by atoms with E-state index in [1.54, 1.807) is 30.3 Å². The normalized spacial score (nSPS) is 10.9. The van der Waals surface area contributed by atoms with Crippen LogP contribution in [-0.4, -0.2) is 38.4 Å². The van der Waals surface area contributed by atoms with Gasteiger partial charge in [-0.2, -0.15) is 0 Å². The number of aliphatic carboxylic acids is 1. The molecule has 0 aromatic heterocycles. The SMILES string of the molecule is COc1cc(OC)cc(/C(=C\c2ccc(OC(C)=O)c(OC)c2)C(=O)O)c1. The highest BCUT2D eigenvalue weighted by Gasteiger charge is 2.15. The van der Waals surface area contributed by atoms with Crippen molar-refractivity contribution in [2.45, 2.75) is 6.92 Å². The minimum atomic E-state index is -1.12. The number of hydrogen-bond acceptors (Lipinski definition) is 6. The van der Waals surface area contributed by atoms with E-state index in [2.05, 4.69) is 0 Å². The number of carbonyl (C=O) groups excluding carboxylic acids is 1. The smallest absolute Gasteiger partial charge is 0.336 e. The summed E-state index contributed by atoms with van der Waals surface area (Å²) in [6.45, 7) is 1.28. The molecule has 0 aliphatic rings. The lowest BCUT2D eigenvalue weighted by Crippen LogP contribution is -2.03. The topological polar surface area (TPSA) is 91.3 Å². The van der Waals surface area contributed by atoms with E-state index in [0.29, 0.717) is 28.4 Å². The van der Waals surface area contributed by atoms with Crippen LogP contribution in [-0.2, 0) is 9.59 Å². The first-order valence-electron chi connectivity index (χ1n) is 7.92. The number of benzene rings is 2. The van der Waals surface area contributed by atoms with Crippen LogP contribution < -0.4 is 18.9 Å².